The number of nitrogens with one attached hydrogen (secondary N) is 1. The van der Waals surface area contributed by atoms with E-state index in [1.54, 1.807) is 24.3 Å². The average Bonchev–Trinajstić information content (AvgIpc) is 2.67. The van der Waals surface area contributed by atoms with E-state index in [-0.39, 0.29) is 4.90 Å². The van der Waals surface area contributed by atoms with Gasteiger partial charge in [0.25, 0.3) is 10.0 Å². The number of sulfonamides is 1. The van der Waals surface area contributed by atoms with Crippen molar-refractivity contribution in [1.29, 1.82) is 0 Å². The highest BCUT2D eigenvalue weighted by molar-refractivity contribution is 7.89. The molecule has 0 saturated carbocycles. The zero-order valence-corrected chi connectivity index (χ0v) is 15.4. The topological polar surface area (TPSA) is 86.5 Å². The molecule has 0 aromatic heterocycles. The Bertz CT molecular complexity index is 883. The summed E-state index contributed by atoms with van der Waals surface area (Å²) in [4.78, 5) is 2.53. The quantitative estimate of drug-likeness (QED) is 0.645. The van der Waals surface area contributed by atoms with E-state index in [1.807, 2.05) is 42.3 Å². The third-order valence-corrected chi connectivity index (χ3v) is 5.24. The third kappa shape index (κ3) is 4.89. The minimum Gasteiger partial charge on any atom is -0.278 e. The smallest absolute Gasteiger partial charge is 0.276 e. The van der Waals surface area contributed by atoms with Gasteiger partial charge in [-0.3, -0.25) is 5.01 Å². The summed E-state index contributed by atoms with van der Waals surface area (Å²) in [5.74, 6) is 0. The summed E-state index contributed by atoms with van der Waals surface area (Å²) in [5.41, 5.74) is 2.62. The SMILES string of the molecule is Cc1ccc(S(=O)(=O)NN=C2CCN(N=Nc3ccccc3)CC2)cc1. The van der Waals surface area contributed by atoms with Crippen molar-refractivity contribution >= 4 is 21.4 Å². The first kappa shape index (κ1) is 18.1. The lowest BCUT2D eigenvalue weighted by molar-refractivity contribution is 0.270. The van der Waals surface area contributed by atoms with Crippen molar-refractivity contribution in [3.8, 4) is 0 Å². The van der Waals surface area contributed by atoms with Gasteiger partial charge >= 0.3 is 0 Å². The predicted molar refractivity (Wildman–Crippen MR) is 101 cm³/mol. The van der Waals surface area contributed by atoms with Gasteiger partial charge in [-0.15, -0.1) is 5.11 Å². The predicted octanol–water partition coefficient (Wildman–Crippen LogP) is 3.42. The fourth-order valence-electron chi connectivity index (χ4n) is 2.46. The van der Waals surface area contributed by atoms with Crippen LogP contribution in [0.1, 0.15) is 18.4 Å². The minimum atomic E-state index is -3.63. The number of nitrogens with zero attached hydrogens (tertiary/aromatic N) is 4. The van der Waals surface area contributed by atoms with Crippen molar-refractivity contribution in [2.75, 3.05) is 13.1 Å². The number of piperidine rings is 1. The van der Waals surface area contributed by atoms with Gasteiger partial charge in [0.1, 0.15) is 0 Å². The van der Waals surface area contributed by atoms with Crippen molar-refractivity contribution < 1.29 is 8.42 Å². The molecule has 1 N–H and O–H groups in total. The molecule has 1 heterocycles. The molecule has 1 saturated heterocycles. The molecule has 0 atom stereocenters. The summed E-state index contributed by atoms with van der Waals surface area (Å²) < 4.78 is 24.5. The first-order valence-electron chi connectivity index (χ1n) is 8.38. The van der Waals surface area contributed by atoms with Gasteiger partial charge in [-0.05, 0) is 31.2 Å². The number of hydrogen-bond acceptors (Lipinski definition) is 5. The van der Waals surface area contributed by atoms with E-state index in [4.69, 9.17) is 0 Å². The highest BCUT2D eigenvalue weighted by atomic mass is 32.2. The largest absolute Gasteiger partial charge is 0.278 e. The van der Waals surface area contributed by atoms with Gasteiger partial charge in [-0.2, -0.15) is 13.5 Å². The van der Waals surface area contributed by atoms with Crippen molar-refractivity contribution in [2.45, 2.75) is 24.7 Å². The Hall–Kier alpha value is -2.74. The number of benzene rings is 2. The van der Waals surface area contributed by atoms with Gasteiger partial charge in [-0.25, -0.2) is 4.83 Å². The van der Waals surface area contributed by atoms with E-state index in [2.05, 4.69) is 20.3 Å². The van der Waals surface area contributed by atoms with Crippen LogP contribution < -0.4 is 4.83 Å². The van der Waals surface area contributed by atoms with E-state index in [0.717, 1.165) is 17.0 Å². The fraction of sp³-hybridized carbons (Fsp3) is 0.278. The van der Waals surface area contributed by atoms with Crippen LogP contribution >= 0.6 is 0 Å². The summed E-state index contributed by atoms with van der Waals surface area (Å²) in [6.07, 6.45) is 1.29. The molecule has 8 heteroatoms. The number of hydrazone groups is 1. The lowest BCUT2D eigenvalue weighted by Gasteiger charge is -2.23. The third-order valence-electron chi connectivity index (χ3n) is 4.02. The maximum Gasteiger partial charge on any atom is 0.276 e. The molecule has 136 valence electrons. The summed E-state index contributed by atoms with van der Waals surface area (Å²) in [6, 6.07) is 16.2. The maximum absolute atomic E-state index is 12.2. The second-order valence-electron chi connectivity index (χ2n) is 6.06. The van der Waals surface area contributed by atoms with Gasteiger partial charge in [0.05, 0.1) is 10.6 Å². The zero-order chi connectivity index (χ0) is 18.4. The molecule has 0 spiro atoms. The van der Waals surface area contributed by atoms with Crippen LogP contribution in [0, 0.1) is 6.92 Å². The summed E-state index contributed by atoms with van der Waals surface area (Å²) in [5, 5.41) is 14.4. The number of rotatable bonds is 5. The van der Waals surface area contributed by atoms with E-state index in [0.29, 0.717) is 25.9 Å². The summed E-state index contributed by atoms with van der Waals surface area (Å²) in [6.45, 7) is 3.22. The standard InChI is InChI=1S/C18H21N5O2S/c1-15-7-9-18(10-8-15)26(24,25)22-20-17-11-13-23(14-12-17)21-19-16-5-3-2-4-6-16/h2-10,22H,11-14H2,1H3. The van der Waals surface area contributed by atoms with Crippen molar-refractivity contribution in [3.05, 3.63) is 60.2 Å². The van der Waals surface area contributed by atoms with Gasteiger partial charge in [0.2, 0.25) is 0 Å². The van der Waals surface area contributed by atoms with Crippen LogP contribution in [-0.2, 0) is 10.0 Å². The van der Waals surface area contributed by atoms with Gasteiger partial charge in [0, 0.05) is 31.6 Å². The maximum atomic E-state index is 12.2. The molecule has 0 aliphatic carbocycles. The van der Waals surface area contributed by atoms with E-state index < -0.39 is 10.0 Å². The van der Waals surface area contributed by atoms with E-state index >= 15 is 0 Å². The normalized spacial score (nSPS) is 15.3. The van der Waals surface area contributed by atoms with Crippen LogP contribution in [0.25, 0.3) is 0 Å². The second-order valence-corrected chi connectivity index (χ2v) is 7.73. The molecule has 1 fully saturated rings. The minimum absolute atomic E-state index is 0.210. The Morgan fingerprint density at radius 1 is 0.962 bits per heavy atom. The molecule has 1 aliphatic rings. The van der Waals surface area contributed by atoms with Crippen molar-refractivity contribution in [2.24, 2.45) is 15.4 Å². The van der Waals surface area contributed by atoms with Crippen LogP contribution in [-0.4, -0.2) is 32.2 Å². The zero-order valence-electron chi connectivity index (χ0n) is 14.5. The molecule has 0 amide bonds. The molecular formula is C18H21N5O2S. The lowest BCUT2D eigenvalue weighted by Crippen LogP contribution is -2.31. The first-order valence-corrected chi connectivity index (χ1v) is 9.87. The molecule has 2 aromatic rings. The van der Waals surface area contributed by atoms with Crippen LogP contribution in [0.5, 0.6) is 0 Å². The molecule has 0 unspecified atom stereocenters. The first-order chi connectivity index (χ1) is 12.5. The monoisotopic (exact) mass is 371 g/mol. The van der Waals surface area contributed by atoms with Crippen molar-refractivity contribution in [3.63, 3.8) is 0 Å². The van der Waals surface area contributed by atoms with E-state index in [9.17, 15) is 8.42 Å². The molecule has 2 aromatic carbocycles. The summed E-state index contributed by atoms with van der Waals surface area (Å²) >= 11 is 0. The Morgan fingerprint density at radius 2 is 1.62 bits per heavy atom. The molecule has 3 rings (SSSR count). The van der Waals surface area contributed by atoms with E-state index in [1.165, 1.54) is 0 Å². The number of aryl methyl sites for hydroxylation is 1. The second kappa shape index (κ2) is 8.09. The molecule has 1 aliphatic heterocycles. The molecular weight excluding hydrogens is 350 g/mol. The fourth-order valence-corrected chi connectivity index (χ4v) is 3.31. The van der Waals surface area contributed by atoms with Gasteiger partial charge in [-0.1, -0.05) is 41.1 Å². The molecule has 26 heavy (non-hydrogen) atoms. The van der Waals surface area contributed by atoms with Crippen LogP contribution in [0.4, 0.5) is 5.69 Å². The highest BCUT2D eigenvalue weighted by Crippen LogP contribution is 2.14. The van der Waals surface area contributed by atoms with Crippen LogP contribution in [0.2, 0.25) is 0 Å². The number of hydrogen-bond donors (Lipinski definition) is 1. The molecule has 0 bridgehead atoms. The summed E-state index contributed by atoms with van der Waals surface area (Å²) in [7, 11) is -3.63. The average molecular weight is 371 g/mol. The Morgan fingerprint density at radius 3 is 2.27 bits per heavy atom. The Labute approximate surface area is 153 Å². The van der Waals surface area contributed by atoms with Crippen molar-refractivity contribution in [1.82, 2.24) is 9.84 Å². The lowest BCUT2D eigenvalue weighted by atomic mass is 10.1. The highest BCUT2D eigenvalue weighted by Gasteiger charge is 2.16. The Kier molecular flexibility index (Phi) is 5.62. The van der Waals surface area contributed by atoms with Crippen LogP contribution in [0.15, 0.2) is 74.9 Å². The molecule has 7 nitrogen and oxygen atoms in total. The molecule has 0 radical (unpaired) electrons. The van der Waals surface area contributed by atoms with Gasteiger partial charge in [0.15, 0.2) is 0 Å². The Balaban J connectivity index is 1.54. The van der Waals surface area contributed by atoms with Crippen LogP contribution in [0.3, 0.4) is 0 Å². The van der Waals surface area contributed by atoms with Gasteiger partial charge < -0.3 is 0 Å².